The Kier molecular flexibility index (Phi) is 2.23. The van der Waals surface area contributed by atoms with Crippen molar-refractivity contribution in [2.45, 2.75) is 5.92 Å². The Bertz CT molecular complexity index is 703. The Balaban J connectivity index is 2.30. The van der Waals surface area contributed by atoms with Crippen molar-refractivity contribution in [3.63, 3.8) is 0 Å². The molecule has 2 aromatic rings. The maximum Gasteiger partial charge on any atom is 0.319 e. The van der Waals surface area contributed by atoms with Gasteiger partial charge < -0.3 is 5.11 Å². The minimum absolute atomic E-state index is 0.410. The highest BCUT2D eigenvalue weighted by molar-refractivity contribution is 6.13. The molecule has 0 fully saturated rings. The number of aliphatic carboxylic acids is 1. The van der Waals surface area contributed by atoms with Crippen LogP contribution in [0.15, 0.2) is 36.4 Å². The minimum Gasteiger partial charge on any atom is -0.480 e. The fourth-order valence-corrected chi connectivity index (χ4v) is 2.18. The predicted molar refractivity (Wildman–Crippen MR) is 66.2 cm³/mol. The van der Waals surface area contributed by atoms with E-state index in [1.165, 1.54) is 6.08 Å². The molecule has 18 heavy (non-hydrogen) atoms. The molecule has 0 saturated carbocycles. The van der Waals surface area contributed by atoms with Gasteiger partial charge >= 0.3 is 5.97 Å². The van der Waals surface area contributed by atoms with Crippen molar-refractivity contribution < 1.29 is 14.7 Å². The van der Waals surface area contributed by atoms with Crippen LogP contribution in [0.25, 0.3) is 17.0 Å². The number of ketones is 1. The number of fused-ring (bicyclic) bond motifs is 2. The molecule has 1 aliphatic rings. The summed E-state index contributed by atoms with van der Waals surface area (Å²) >= 11 is 0. The van der Waals surface area contributed by atoms with Gasteiger partial charge in [-0.25, -0.2) is 4.98 Å². The average molecular weight is 239 g/mol. The van der Waals surface area contributed by atoms with E-state index in [0.29, 0.717) is 11.3 Å². The molecule has 0 spiro atoms. The van der Waals surface area contributed by atoms with Gasteiger partial charge in [0.2, 0.25) is 0 Å². The van der Waals surface area contributed by atoms with Crippen LogP contribution in [0.5, 0.6) is 0 Å². The molecule has 0 amide bonds. The van der Waals surface area contributed by atoms with E-state index < -0.39 is 17.7 Å². The summed E-state index contributed by atoms with van der Waals surface area (Å²) in [5, 5.41) is 9.98. The number of hydrogen-bond acceptors (Lipinski definition) is 3. The number of hydrogen-bond donors (Lipinski definition) is 1. The molecule has 0 saturated heterocycles. The SMILES string of the molecule is O=C(O)C1C(=O)C=Cc2nc3ccccc3cc21. The third kappa shape index (κ3) is 1.50. The smallest absolute Gasteiger partial charge is 0.319 e. The lowest BCUT2D eigenvalue weighted by atomic mass is 9.88. The molecule has 1 N–H and O–H groups in total. The second-order valence-corrected chi connectivity index (χ2v) is 4.16. The minimum atomic E-state index is -1.14. The lowest BCUT2D eigenvalue weighted by molar-refractivity contribution is -0.141. The molecular weight excluding hydrogens is 230 g/mol. The highest BCUT2D eigenvalue weighted by atomic mass is 16.4. The van der Waals surface area contributed by atoms with E-state index in [1.54, 1.807) is 12.1 Å². The summed E-state index contributed by atoms with van der Waals surface area (Å²) in [6, 6.07) is 9.17. The number of rotatable bonds is 1. The number of nitrogens with zero attached hydrogens (tertiary/aromatic N) is 1. The van der Waals surface area contributed by atoms with Crippen LogP contribution < -0.4 is 0 Å². The Morgan fingerprint density at radius 3 is 2.78 bits per heavy atom. The number of benzene rings is 1. The summed E-state index contributed by atoms with van der Waals surface area (Å²) in [7, 11) is 0. The number of pyridine rings is 1. The second kappa shape index (κ2) is 3.77. The maximum absolute atomic E-state index is 11.6. The third-order valence-corrected chi connectivity index (χ3v) is 3.03. The first-order valence-electron chi connectivity index (χ1n) is 5.51. The van der Waals surface area contributed by atoms with E-state index in [1.807, 2.05) is 24.3 Å². The van der Waals surface area contributed by atoms with Crippen LogP contribution in [-0.4, -0.2) is 21.8 Å². The topological polar surface area (TPSA) is 67.3 Å². The summed E-state index contributed by atoms with van der Waals surface area (Å²) < 4.78 is 0. The van der Waals surface area contributed by atoms with Gasteiger partial charge in [-0.05, 0) is 24.3 Å². The molecule has 1 atom stereocenters. The number of carboxylic acid groups (broad SMARTS) is 1. The Morgan fingerprint density at radius 1 is 1.22 bits per heavy atom. The first-order chi connectivity index (χ1) is 8.66. The molecule has 0 radical (unpaired) electrons. The average Bonchev–Trinajstić information content (AvgIpc) is 2.36. The molecule has 1 aliphatic carbocycles. The van der Waals surface area contributed by atoms with Crippen LogP contribution in [0, 0.1) is 0 Å². The molecule has 0 aliphatic heterocycles. The Morgan fingerprint density at radius 2 is 2.00 bits per heavy atom. The molecule has 1 aromatic carbocycles. The van der Waals surface area contributed by atoms with Gasteiger partial charge in [-0.2, -0.15) is 0 Å². The summed E-state index contributed by atoms with van der Waals surface area (Å²) in [5.41, 5.74) is 1.81. The van der Waals surface area contributed by atoms with Crippen LogP contribution in [0.1, 0.15) is 17.2 Å². The summed E-state index contributed by atoms with van der Waals surface area (Å²) in [4.78, 5) is 27.2. The van der Waals surface area contributed by atoms with Gasteiger partial charge in [-0.3, -0.25) is 9.59 Å². The molecule has 88 valence electrons. The van der Waals surface area contributed by atoms with Crippen molar-refractivity contribution in [2.24, 2.45) is 0 Å². The quantitative estimate of drug-likeness (QED) is 0.773. The molecule has 1 unspecified atom stereocenters. The fraction of sp³-hybridized carbons (Fsp3) is 0.0714. The van der Waals surface area contributed by atoms with Crippen molar-refractivity contribution in [3.05, 3.63) is 47.7 Å². The van der Waals surface area contributed by atoms with E-state index in [9.17, 15) is 9.59 Å². The van der Waals surface area contributed by atoms with E-state index in [-0.39, 0.29) is 0 Å². The summed E-state index contributed by atoms with van der Waals surface area (Å²) in [5.74, 6) is -2.68. The zero-order valence-electron chi connectivity index (χ0n) is 9.33. The van der Waals surface area contributed by atoms with Crippen molar-refractivity contribution in [2.75, 3.05) is 0 Å². The normalized spacial score (nSPS) is 17.8. The molecule has 4 nitrogen and oxygen atoms in total. The van der Waals surface area contributed by atoms with Crippen LogP contribution in [-0.2, 0) is 9.59 Å². The Hall–Kier alpha value is -2.49. The number of allylic oxidation sites excluding steroid dienone is 1. The number of para-hydroxylation sites is 1. The van der Waals surface area contributed by atoms with E-state index >= 15 is 0 Å². The van der Waals surface area contributed by atoms with Gasteiger partial charge in [-0.15, -0.1) is 0 Å². The monoisotopic (exact) mass is 239 g/mol. The van der Waals surface area contributed by atoms with Gasteiger partial charge in [0.1, 0.15) is 5.92 Å². The van der Waals surface area contributed by atoms with Gasteiger partial charge in [0.05, 0.1) is 11.2 Å². The second-order valence-electron chi connectivity index (χ2n) is 4.16. The van der Waals surface area contributed by atoms with Gasteiger partial charge in [-0.1, -0.05) is 18.2 Å². The molecule has 4 heteroatoms. The van der Waals surface area contributed by atoms with E-state index in [0.717, 1.165) is 10.9 Å². The van der Waals surface area contributed by atoms with E-state index in [2.05, 4.69) is 4.98 Å². The van der Waals surface area contributed by atoms with Crippen LogP contribution in [0.4, 0.5) is 0 Å². The highest BCUT2D eigenvalue weighted by Gasteiger charge is 2.31. The zero-order chi connectivity index (χ0) is 12.7. The molecule has 0 bridgehead atoms. The van der Waals surface area contributed by atoms with Crippen molar-refractivity contribution in [3.8, 4) is 0 Å². The lowest BCUT2D eigenvalue weighted by Gasteiger charge is -2.16. The summed E-state index contributed by atoms with van der Waals surface area (Å²) in [6.07, 6.45) is 2.85. The zero-order valence-corrected chi connectivity index (χ0v) is 9.33. The lowest BCUT2D eigenvalue weighted by Crippen LogP contribution is -2.23. The number of aromatic nitrogens is 1. The largest absolute Gasteiger partial charge is 0.480 e. The molecular formula is C14H9NO3. The van der Waals surface area contributed by atoms with Crippen LogP contribution in [0.3, 0.4) is 0 Å². The first kappa shape index (κ1) is 10.7. The number of carbonyl (C=O) groups is 2. The van der Waals surface area contributed by atoms with Crippen LogP contribution >= 0.6 is 0 Å². The van der Waals surface area contributed by atoms with Gasteiger partial charge in [0, 0.05) is 10.9 Å². The van der Waals surface area contributed by atoms with Gasteiger partial charge in [0.25, 0.3) is 0 Å². The number of carboxylic acids is 1. The molecule has 1 aromatic heterocycles. The summed E-state index contributed by atoms with van der Waals surface area (Å²) in [6.45, 7) is 0. The van der Waals surface area contributed by atoms with Crippen molar-refractivity contribution >= 4 is 28.7 Å². The molecule has 3 rings (SSSR count). The highest BCUT2D eigenvalue weighted by Crippen LogP contribution is 2.29. The maximum atomic E-state index is 11.6. The standard InChI is InChI=1S/C14H9NO3/c16-12-6-5-11-9(13(12)14(17)18)7-8-3-1-2-4-10(8)15-11/h1-7,13H,(H,17,18). The van der Waals surface area contributed by atoms with Crippen molar-refractivity contribution in [1.82, 2.24) is 4.98 Å². The molecule has 1 heterocycles. The third-order valence-electron chi connectivity index (χ3n) is 3.03. The predicted octanol–water partition coefficient (Wildman–Crippen LogP) is 2.00. The number of carbonyl (C=O) groups excluding carboxylic acids is 1. The fourth-order valence-electron chi connectivity index (χ4n) is 2.18. The van der Waals surface area contributed by atoms with Crippen molar-refractivity contribution in [1.29, 1.82) is 0 Å². The Labute approximate surface area is 103 Å². The van der Waals surface area contributed by atoms with Crippen LogP contribution in [0.2, 0.25) is 0 Å². The first-order valence-corrected chi connectivity index (χ1v) is 5.51. The van der Waals surface area contributed by atoms with Gasteiger partial charge in [0.15, 0.2) is 5.78 Å². The van der Waals surface area contributed by atoms with E-state index in [4.69, 9.17) is 5.11 Å².